The second-order valence-corrected chi connectivity index (χ2v) is 3.94. The third-order valence-electron chi connectivity index (χ3n) is 2.65. The fourth-order valence-corrected chi connectivity index (χ4v) is 1.72. The van der Waals surface area contributed by atoms with Crippen LogP contribution in [0, 0.1) is 0 Å². The van der Waals surface area contributed by atoms with Gasteiger partial charge in [0.25, 0.3) is 0 Å². The van der Waals surface area contributed by atoms with E-state index in [9.17, 15) is 14.4 Å². The summed E-state index contributed by atoms with van der Waals surface area (Å²) in [5.74, 6) is -0.604. The zero-order chi connectivity index (χ0) is 12.3. The quantitative estimate of drug-likeness (QED) is 0.721. The lowest BCUT2D eigenvalue weighted by atomic mass is 9.88. The summed E-state index contributed by atoms with van der Waals surface area (Å²) in [6.07, 6.45) is 2.53. The van der Waals surface area contributed by atoms with Gasteiger partial charge < -0.3 is 5.73 Å². The lowest BCUT2D eigenvalue weighted by Gasteiger charge is -2.14. The topological polar surface area (TPSA) is 77.2 Å². The molecule has 16 heavy (non-hydrogen) atoms. The van der Waals surface area contributed by atoms with Gasteiger partial charge in [0.2, 0.25) is 5.91 Å². The van der Waals surface area contributed by atoms with E-state index in [4.69, 9.17) is 5.73 Å². The van der Waals surface area contributed by atoms with Gasteiger partial charge in [-0.3, -0.25) is 14.4 Å². The molecule has 0 fully saturated rings. The number of amides is 1. The lowest BCUT2D eigenvalue weighted by Crippen LogP contribution is -2.17. The van der Waals surface area contributed by atoms with Crippen molar-refractivity contribution in [3.8, 4) is 0 Å². The van der Waals surface area contributed by atoms with Gasteiger partial charge in [-0.15, -0.1) is 0 Å². The summed E-state index contributed by atoms with van der Waals surface area (Å²) < 4.78 is 0. The molecule has 0 aliphatic heterocycles. The molecular formula is C12H15NO3. The summed E-state index contributed by atoms with van der Waals surface area (Å²) >= 11 is 0. The van der Waals surface area contributed by atoms with Gasteiger partial charge in [-0.05, 0) is 32.8 Å². The van der Waals surface area contributed by atoms with E-state index in [2.05, 4.69) is 0 Å². The van der Waals surface area contributed by atoms with E-state index in [1.807, 2.05) is 0 Å². The summed E-state index contributed by atoms with van der Waals surface area (Å²) in [4.78, 5) is 33.8. The van der Waals surface area contributed by atoms with Crippen LogP contribution in [0.2, 0.25) is 0 Å². The molecule has 1 amide bonds. The van der Waals surface area contributed by atoms with Gasteiger partial charge in [-0.1, -0.05) is 0 Å². The first-order valence-corrected chi connectivity index (χ1v) is 5.19. The van der Waals surface area contributed by atoms with Crippen molar-refractivity contribution in [2.24, 2.45) is 5.73 Å². The van der Waals surface area contributed by atoms with Crippen LogP contribution in [0.1, 0.15) is 33.1 Å². The number of allylic oxidation sites excluding steroid dienone is 4. The van der Waals surface area contributed by atoms with Crippen LogP contribution >= 0.6 is 0 Å². The normalized spacial score (nSPS) is 16.5. The Morgan fingerprint density at radius 1 is 1.31 bits per heavy atom. The van der Waals surface area contributed by atoms with Crippen LogP contribution in [0.5, 0.6) is 0 Å². The maximum absolute atomic E-state index is 11.6. The van der Waals surface area contributed by atoms with Gasteiger partial charge in [-0.2, -0.15) is 0 Å². The monoisotopic (exact) mass is 221 g/mol. The van der Waals surface area contributed by atoms with Gasteiger partial charge in [0.05, 0.1) is 0 Å². The highest BCUT2D eigenvalue weighted by atomic mass is 16.1. The molecule has 1 rings (SSSR count). The predicted molar refractivity (Wildman–Crippen MR) is 59.5 cm³/mol. The van der Waals surface area contributed by atoms with E-state index in [0.29, 0.717) is 29.6 Å². The van der Waals surface area contributed by atoms with Gasteiger partial charge in [0, 0.05) is 23.1 Å². The molecule has 0 unspecified atom stereocenters. The maximum Gasteiger partial charge on any atom is 0.217 e. The summed E-state index contributed by atoms with van der Waals surface area (Å²) in [6.45, 7) is 3.28. The number of carbonyl (C=O) groups excluding carboxylic acids is 3. The van der Waals surface area contributed by atoms with E-state index in [1.54, 1.807) is 13.8 Å². The van der Waals surface area contributed by atoms with Gasteiger partial charge in [0.15, 0.2) is 11.6 Å². The van der Waals surface area contributed by atoms with Crippen LogP contribution in [0.3, 0.4) is 0 Å². The average molecular weight is 221 g/mol. The first-order chi connectivity index (χ1) is 7.43. The second-order valence-electron chi connectivity index (χ2n) is 3.94. The van der Waals surface area contributed by atoms with Crippen LogP contribution in [0.25, 0.3) is 0 Å². The minimum Gasteiger partial charge on any atom is -0.370 e. The Bertz CT molecular complexity index is 416. The standard InChI is InChI=1S/C12H15NO3/c1-7-6-10(14)9(8(2)12(7)16)4-3-5-11(13)15/h6H,3-5H2,1-2H3,(H2,13,15). The molecule has 0 bridgehead atoms. The number of ketones is 2. The minimum absolute atomic E-state index is 0.0892. The first-order valence-electron chi connectivity index (χ1n) is 5.19. The number of carbonyl (C=O) groups is 3. The van der Waals surface area contributed by atoms with Crippen molar-refractivity contribution in [1.29, 1.82) is 0 Å². The number of hydrogen-bond acceptors (Lipinski definition) is 3. The highest BCUT2D eigenvalue weighted by Gasteiger charge is 2.22. The molecule has 0 atom stereocenters. The Hall–Kier alpha value is -1.71. The average Bonchev–Trinajstić information content (AvgIpc) is 2.19. The zero-order valence-corrected chi connectivity index (χ0v) is 9.50. The first kappa shape index (κ1) is 12.4. The largest absolute Gasteiger partial charge is 0.370 e. The Kier molecular flexibility index (Phi) is 3.77. The zero-order valence-electron chi connectivity index (χ0n) is 9.50. The summed E-state index contributed by atoms with van der Waals surface area (Å²) in [7, 11) is 0. The van der Waals surface area contributed by atoms with Gasteiger partial charge in [-0.25, -0.2) is 0 Å². The maximum atomic E-state index is 11.6. The van der Waals surface area contributed by atoms with Crippen molar-refractivity contribution in [1.82, 2.24) is 0 Å². The highest BCUT2D eigenvalue weighted by molar-refractivity contribution is 6.22. The predicted octanol–water partition coefficient (Wildman–Crippen LogP) is 1.06. The molecule has 4 nitrogen and oxygen atoms in total. The van der Waals surface area contributed by atoms with E-state index in [-0.39, 0.29) is 23.9 Å². The van der Waals surface area contributed by atoms with Gasteiger partial charge in [0.1, 0.15) is 0 Å². The number of rotatable bonds is 4. The van der Waals surface area contributed by atoms with Crippen molar-refractivity contribution in [3.63, 3.8) is 0 Å². The molecule has 0 aromatic heterocycles. The summed E-state index contributed by atoms with van der Waals surface area (Å²) in [5, 5.41) is 0. The van der Waals surface area contributed by atoms with E-state index < -0.39 is 0 Å². The number of nitrogens with two attached hydrogens (primary N) is 1. The van der Waals surface area contributed by atoms with Crippen molar-refractivity contribution in [2.75, 3.05) is 0 Å². The number of Topliss-reactive ketones (excluding diaryl/α,β-unsaturated/α-hetero) is 1. The molecule has 0 saturated heterocycles. The molecule has 0 spiro atoms. The van der Waals surface area contributed by atoms with Crippen molar-refractivity contribution >= 4 is 17.5 Å². The molecule has 0 heterocycles. The molecule has 0 saturated carbocycles. The van der Waals surface area contributed by atoms with Gasteiger partial charge >= 0.3 is 0 Å². The van der Waals surface area contributed by atoms with E-state index in [0.717, 1.165) is 0 Å². The molecule has 0 aromatic rings. The van der Waals surface area contributed by atoms with E-state index in [1.165, 1.54) is 6.08 Å². The summed E-state index contributed by atoms with van der Waals surface area (Å²) in [6, 6.07) is 0. The third kappa shape index (κ3) is 2.66. The Labute approximate surface area is 94.2 Å². The molecule has 4 heteroatoms. The third-order valence-corrected chi connectivity index (χ3v) is 2.65. The molecule has 0 radical (unpaired) electrons. The van der Waals surface area contributed by atoms with Crippen LogP contribution in [0.4, 0.5) is 0 Å². The fourth-order valence-electron chi connectivity index (χ4n) is 1.72. The minimum atomic E-state index is -0.389. The molecule has 1 aliphatic rings. The SMILES string of the molecule is CC1=CC(=O)C(CCCC(N)=O)=C(C)C1=O. The Morgan fingerprint density at radius 2 is 1.94 bits per heavy atom. The molecule has 1 aliphatic carbocycles. The van der Waals surface area contributed by atoms with Crippen LogP contribution in [-0.2, 0) is 14.4 Å². The molecular weight excluding hydrogens is 206 g/mol. The highest BCUT2D eigenvalue weighted by Crippen LogP contribution is 2.22. The van der Waals surface area contributed by atoms with Crippen molar-refractivity contribution < 1.29 is 14.4 Å². The molecule has 2 N–H and O–H groups in total. The smallest absolute Gasteiger partial charge is 0.217 e. The second kappa shape index (κ2) is 4.88. The summed E-state index contributed by atoms with van der Waals surface area (Å²) in [5.41, 5.74) is 6.49. The Morgan fingerprint density at radius 3 is 2.50 bits per heavy atom. The van der Waals surface area contributed by atoms with Crippen LogP contribution in [-0.4, -0.2) is 17.5 Å². The Balaban J connectivity index is 2.75. The number of primary amides is 1. The van der Waals surface area contributed by atoms with Crippen LogP contribution < -0.4 is 5.73 Å². The molecule has 0 aromatic carbocycles. The lowest BCUT2D eigenvalue weighted by molar-refractivity contribution is -0.118. The fraction of sp³-hybridized carbons (Fsp3) is 0.417. The van der Waals surface area contributed by atoms with E-state index >= 15 is 0 Å². The molecule has 86 valence electrons. The van der Waals surface area contributed by atoms with Crippen LogP contribution in [0.15, 0.2) is 22.8 Å². The number of hydrogen-bond donors (Lipinski definition) is 1. The van der Waals surface area contributed by atoms with Crippen molar-refractivity contribution in [3.05, 3.63) is 22.8 Å². The van der Waals surface area contributed by atoms with Crippen molar-refractivity contribution in [2.45, 2.75) is 33.1 Å².